The third-order valence-corrected chi connectivity index (χ3v) is 4.43. The zero-order valence-electron chi connectivity index (χ0n) is 10.9. The monoisotopic (exact) mass is 300 g/mol. The Labute approximate surface area is 123 Å². The summed E-state index contributed by atoms with van der Waals surface area (Å²) in [5, 5.41) is 3.64. The fourth-order valence-corrected chi connectivity index (χ4v) is 3.07. The van der Waals surface area contributed by atoms with Crippen LogP contribution >= 0.6 is 23.2 Å². The molecule has 1 aliphatic rings. The molecule has 19 heavy (non-hydrogen) atoms. The minimum Gasteiger partial charge on any atom is -0.396 e. The van der Waals surface area contributed by atoms with Gasteiger partial charge in [0.05, 0.1) is 15.7 Å². The molecule has 0 spiro atoms. The molecule has 0 aromatic heterocycles. The second-order valence-corrected chi connectivity index (χ2v) is 5.97. The third kappa shape index (κ3) is 3.34. The molecule has 1 aromatic carbocycles. The Bertz CT molecular complexity index is 461. The van der Waals surface area contributed by atoms with Gasteiger partial charge < -0.3 is 11.1 Å². The maximum Gasteiger partial charge on any atom is 0.251 e. The number of carbonyl (C=O) groups is 1. The third-order valence-electron chi connectivity index (χ3n) is 3.81. The Morgan fingerprint density at radius 2 is 1.84 bits per heavy atom. The van der Waals surface area contributed by atoms with E-state index in [-0.39, 0.29) is 11.9 Å². The number of nitrogen functional groups attached to an aromatic ring is 1. The average Bonchev–Trinajstić information content (AvgIpc) is 2.89. The molecule has 1 aliphatic carbocycles. The highest BCUT2D eigenvalue weighted by atomic mass is 35.5. The normalized spacial score (nSPS) is 17.4. The zero-order chi connectivity index (χ0) is 14.0. The van der Waals surface area contributed by atoms with Gasteiger partial charge in [0.1, 0.15) is 0 Å². The highest BCUT2D eigenvalue weighted by molar-refractivity contribution is 6.39. The van der Waals surface area contributed by atoms with Crippen LogP contribution in [0.15, 0.2) is 12.1 Å². The van der Waals surface area contributed by atoms with Crippen LogP contribution in [0, 0.1) is 5.92 Å². The topological polar surface area (TPSA) is 55.1 Å². The average molecular weight is 301 g/mol. The van der Waals surface area contributed by atoms with Crippen LogP contribution in [0.2, 0.25) is 10.0 Å². The fraction of sp³-hybridized carbons (Fsp3) is 0.500. The molecule has 5 heteroatoms. The first kappa shape index (κ1) is 14.5. The summed E-state index contributed by atoms with van der Waals surface area (Å²) >= 11 is 11.9. The molecule has 0 heterocycles. The van der Waals surface area contributed by atoms with Crippen LogP contribution in [0.5, 0.6) is 0 Å². The number of carbonyl (C=O) groups excluding carboxylic acids is 1. The van der Waals surface area contributed by atoms with Crippen molar-refractivity contribution in [1.29, 1.82) is 0 Å². The Hall–Kier alpha value is -0.930. The van der Waals surface area contributed by atoms with Gasteiger partial charge in [0.15, 0.2) is 0 Å². The summed E-state index contributed by atoms with van der Waals surface area (Å²) < 4.78 is 0. The summed E-state index contributed by atoms with van der Waals surface area (Å²) in [4.78, 5) is 12.2. The Balaban J connectivity index is 2.07. The minimum atomic E-state index is -0.150. The molecule has 2 rings (SSSR count). The van der Waals surface area contributed by atoms with E-state index in [9.17, 15) is 4.79 Å². The van der Waals surface area contributed by atoms with Crippen LogP contribution in [0.25, 0.3) is 0 Å². The van der Waals surface area contributed by atoms with Gasteiger partial charge >= 0.3 is 0 Å². The van der Waals surface area contributed by atoms with Crippen LogP contribution in [-0.2, 0) is 0 Å². The highest BCUT2D eigenvalue weighted by Crippen LogP contribution is 2.30. The summed E-state index contributed by atoms with van der Waals surface area (Å²) in [6.07, 6.45) is 4.88. The van der Waals surface area contributed by atoms with Crippen LogP contribution in [0.1, 0.15) is 43.0 Å². The Morgan fingerprint density at radius 1 is 1.32 bits per heavy atom. The van der Waals surface area contributed by atoms with Gasteiger partial charge in [-0.3, -0.25) is 4.79 Å². The molecule has 3 nitrogen and oxygen atoms in total. The molecule has 0 radical (unpaired) electrons. The zero-order valence-corrected chi connectivity index (χ0v) is 12.4. The lowest BCUT2D eigenvalue weighted by molar-refractivity contribution is 0.0927. The summed E-state index contributed by atoms with van der Waals surface area (Å²) in [7, 11) is 0. The van der Waals surface area contributed by atoms with E-state index in [0.29, 0.717) is 27.2 Å². The quantitative estimate of drug-likeness (QED) is 0.832. The van der Waals surface area contributed by atoms with Crippen molar-refractivity contribution in [2.75, 3.05) is 5.73 Å². The van der Waals surface area contributed by atoms with Crippen molar-refractivity contribution in [3.63, 3.8) is 0 Å². The number of hydrogen-bond donors (Lipinski definition) is 2. The number of hydrogen-bond acceptors (Lipinski definition) is 2. The van der Waals surface area contributed by atoms with Gasteiger partial charge in [-0.1, -0.05) is 36.0 Å². The number of rotatable bonds is 3. The lowest BCUT2D eigenvalue weighted by atomic mass is 9.99. The van der Waals surface area contributed by atoms with E-state index < -0.39 is 0 Å². The number of amides is 1. The van der Waals surface area contributed by atoms with Crippen molar-refractivity contribution in [2.45, 2.75) is 38.6 Å². The SMILES string of the molecule is C[C@H](NC(=O)c1cc(Cl)c(N)c(Cl)c1)C1CCCC1. The van der Waals surface area contributed by atoms with Gasteiger partial charge in [0.2, 0.25) is 0 Å². The van der Waals surface area contributed by atoms with E-state index in [0.717, 1.165) is 0 Å². The Kier molecular flexibility index (Phi) is 4.58. The van der Waals surface area contributed by atoms with E-state index in [4.69, 9.17) is 28.9 Å². The smallest absolute Gasteiger partial charge is 0.251 e. The number of nitrogens with two attached hydrogens (primary N) is 1. The fourth-order valence-electron chi connectivity index (χ4n) is 2.58. The minimum absolute atomic E-state index is 0.150. The van der Waals surface area contributed by atoms with Crippen LogP contribution < -0.4 is 11.1 Å². The van der Waals surface area contributed by atoms with Gasteiger partial charge in [-0.05, 0) is 37.8 Å². The second-order valence-electron chi connectivity index (χ2n) is 5.16. The predicted molar refractivity (Wildman–Crippen MR) is 79.8 cm³/mol. The molecule has 104 valence electrons. The van der Waals surface area contributed by atoms with Crippen LogP contribution in [-0.4, -0.2) is 11.9 Å². The summed E-state index contributed by atoms with van der Waals surface area (Å²) in [6, 6.07) is 3.28. The van der Waals surface area contributed by atoms with Gasteiger partial charge in [-0.15, -0.1) is 0 Å². The van der Waals surface area contributed by atoms with Gasteiger partial charge in [-0.2, -0.15) is 0 Å². The van der Waals surface area contributed by atoms with E-state index in [1.807, 2.05) is 0 Å². The molecule has 0 saturated heterocycles. The van der Waals surface area contributed by atoms with E-state index in [1.54, 1.807) is 12.1 Å². The van der Waals surface area contributed by atoms with Crippen LogP contribution in [0.4, 0.5) is 5.69 Å². The number of anilines is 1. The summed E-state index contributed by atoms with van der Waals surface area (Å²) in [5.41, 5.74) is 6.42. The first-order valence-corrected chi connectivity index (χ1v) is 7.30. The lowest BCUT2D eigenvalue weighted by Crippen LogP contribution is -2.37. The molecule has 1 atom stereocenters. The van der Waals surface area contributed by atoms with Crippen LogP contribution in [0.3, 0.4) is 0 Å². The molecule has 0 aliphatic heterocycles. The van der Waals surface area contributed by atoms with E-state index in [1.165, 1.54) is 25.7 Å². The molecular weight excluding hydrogens is 283 g/mol. The number of halogens is 2. The molecular formula is C14H18Cl2N2O. The molecule has 0 unspecified atom stereocenters. The second kappa shape index (κ2) is 6.02. The van der Waals surface area contributed by atoms with Crippen molar-refractivity contribution in [1.82, 2.24) is 5.32 Å². The van der Waals surface area contributed by atoms with Crippen molar-refractivity contribution < 1.29 is 4.79 Å². The maximum absolute atomic E-state index is 12.2. The summed E-state index contributed by atoms with van der Waals surface area (Å²) in [6.45, 7) is 2.05. The molecule has 1 saturated carbocycles. The van der Waals surface area contributed by atoms with Crippen molar-refractivity contribution >= 4 is 34.8 Å². The first-order chi connectivity index (χ1) is 8.99. The van der Waals surface area contributed by atoms with Crippen molar-refractivity contribution in [2.24, 2.45) is 5.92 Å². The number of nitrogens with one attached hydrogen (secondary N) is 1. The van der Waals surface area contributed by atoms with Gasteiger partial charge in [0.25, 0.3) is 5.91 Å². The van der Waals surface area contributed by atoms with Crippen molar-refractivity contribution in [3.05, 3.63) is 27.7 Å². The van der Waals surface area contributed by atoms with Crippen molar-refractivity contribution in [3.8, 4) is 0 Å². The summed E-state index contributed by atoms with van der Waals surface area (Å²) in [5.74, 6) is 0.423. The van der Waals surface area contributed by atoms with Gasteiger partial charge in [0, 0.05) is 11.6 Å². The molecule has 0 bridgehead atoms. The maximum atomic E-state index is 12.2. The lowest BCUT2D eigenvalue weighted by Gasteiger charge is -2.20. The van der Waals surface area contributed by atoms with E-state index >= 15 is 0 Å². The number of benzene rings is 1. The Morgan fingerprint density at radius 3 is 2.37 bits per heavy atom. The standard InChI is InChI=1S/C14H18Cl2N2O/c1-8(9-4-2-3-5-9)18-14(19)10-6-11(15)13(17)12(16)7-10/h6-9H,2-5,17H2,1H3,(H,18,19)/t8-/m0/s1. The largest absolute Gasteiger partial charge is 0.396 e. The molecule has 1 fully saturated rings. The van der Waals surface area contributed by atoms with Gasteiger partial charge in [-0.25, -0.2) is 0 Å². The first-order valence-electron chi connectivity index (χ1n) is 6.54. The molecule has 1 amide bonds. The molecule has 3 N–H and O–H groups in total. The van der Waals surface area contributed by atoms with E-state index in [2.05, 4.69) is 12.2 Å². The molecule has 1 aromatic rings. The highest BCUT2D eigenvalue weighted by Gasteiger charge is 2.23. The predicted octanol–water partition coefficient (Wildman–Crippen LogP) is 3.88.